The van der Waals surface area contributed by atoms with Gasteiger partial charge in [-0.2, -0.15) is 4.98 Å². The summed E-state index contributed by atoms with van der Waals surface area (Å²) in [5.74, 6) is 1.14. The van der Waals surface area contributed by atoms with E-state index in [1.165, 1.54) is 19.3 Å². The molecule has 0 bridgehead atoms. The third-order valence-electron chi connectivity index (χ3n) is 4.30. The molecule has 1 aromatic heterocycles. The molecule has 126 valence electrons. The van der Waals surface area contributed by atoms with Crippen LogP contribution in [0.2, 0.25) is 0 Å². The van der Waals surface area contributed by atoms with Gasteiger partial charge in [0.1, 0.15) is 5.75 Å². The molecular weight excluding hydrogens is 302 g/mol. The van der Waals surface area contributed by atoms with E-state index < -0.39 is 9.84 Å². The standard InChI is InChI=1S/C15H27N3O3S/c1-15(2,3)11-7-5-6-8-12(11)16-9-14-17-13(18-21-14)10-22(4,19)20/h11-12,16H,5-10H2,1-4H3. The molecule has 7 heteroatoms. The van der Waals surface area contributed by atoms with Crippen molar-refractivity contribution in [1.82, 2.24) is 15.5 Å². The van der Waals surface area contributed by atoms with Gasteiger partial charge in [0.15, 0.2) is 15.7 Å². The first-order valence-corrected chi connectivity index (χ1v) is 9.94. The zero-order valence-electron chi connectivity index (χ0n) is 13.9. The number of sulfone groups is 1. The normalized spacial score (nSPS) is 23.6. The second-order valence-electron chi connectivity index (χ2n) is 7.42. The van der Waals surface area contributed by atoms with Crippen LogP contribution in [0.5, 0.6) is 0 Å². The third kappa shape index (κ3) is 5.05. The fourth-order valence-corrected chi connectivity index (χ4v) is 3.87. The van der Waals surface area contributed by atoms with E-state index in [4.69, 9.17) is 4.52 Å². The molecule has 0 saturated heterocycles. The van der Waals surface area contributed by atoms with Crippen molar-refractivity contribution in [3.05, 3.63) is 11.7 Å². The van der Waals surface area contributed by atoms with Gasteiger partial charge in [0.05, 0.1) is 6.54 Å². The van der Waals surface area contributed by atoms with Crippen LogP contribution in [-0.4, -0.2) is 30.9 Å². The summed E-state index contributed by atoms with van der Waals surface area (Å²) in [6.07, 6.45) is 6.10. The van der Waals surface area contributed by atoms with Gasteiger partial charge in [-0.25, -0.2) is 8.42 Å². The number of nitrogens with zero attached hydrogens (tertiary/aromatic N) is 2. The maximum absolute atomic E-state index is 11.2. The lowest BCUT2D eigenvalue weighted by Crippen LogP contribution is -2.43. The molecule has 0 aliphatic heterocycles. The minimum Gasteiger partial charge on any atom is -0.338 e. The lowest BCUT2D eigenvalue weighted by molar-refractivity contribution is 0.127. The van der Waals surface area contributed by atoms with Crippen LogP contribution in [0.1, 0.15) is 58.2 Å². The Kier molecular flexibility index (Phi) is 5.27. The largest absolute Gasteiger partial charge is 0.338 e. The van der Waals surface area contributed by atoms with Crippen LogP contribution in [0.25, 0.3) is 0 Å². The Morgan fingerprint density at radius 1 is 1.27 bits per heavy atom. The van der Waals surface area contributed by atoms with Gasteiger partial charge in [-0.15, -0.1) is 0 Å². The van der Waals surface area contributed by atoms with Crippen molar-refractivity contribution in [2.75, 3.05) is 6.26 Å². The zero-order chi connectivity index (χ0) is 16.4. The molecule has 2 rings (SSSR count). The van der Waals surface area contributed by atoms with Crippen LogP contribution in [0, 0.1) is 11.3 Å². The molecule has 0 spiro atoms. The highest BCUT2D eigenvalue weighted by Gasteiger charge is 2.33. The average Bonchev–Trinajstić information content (AvgIpc) is 2.81. The van der Waals surface area contributed by atoms with E-state index in [0.29, 0.717) is 24.4 Å². The summed E-state index contributed by atoms with van der Waals surface area (Å²) < 4.78 is 27.6. The Bertz CT molecular complexity index is 589. The van der Waals surface area contributed by atoms with Crippen molar-refractivity contribution in [1.29, 1.82) is 0 Å². The fraction of sp³-hybridized carbons (Fsp3) is 0.867. The van der Waals surface area contributed by atoms with Crippen LogP contribution in [0.4, 0.5) is 0 Å². The molecule has 2 unspecified atom stereocenters. The summed E-state index contributed by atoms with van der Waals surface area (Å²) in [5.41, 5.74) is 0.272. The Labute approximate surface area is 133 Å². The lowest BCUT2D eigenvalue weighted by Gasteiger charge is -2.40. The molecule has 1 N–H and O–H groups in total. The Hall–Kier alpha value is -0.950. The van der Waals surface area contributed by atoms with Gasteiger partial charge >= 0.3 is 0 Å². The number of rotatable bonds is 5. The van der Waals surface area contributed by atoms with Crippen molar-refractivity contribution in [2.45, 2.75) is 64.8 Å². The SMILES string of the molecule is CC(C)(C)C1CCCCC1NCc1nc(CS(C)(=O)=O)no1. The van der Waals surface area contributed by atoms with Crippen LogP contribution >= 0.6 is 0 Å². The monoisotopic (exact) mass is 329 g/mol. The number of hydrogen-bond acceptors (Lipinski definition) is 6. The van der Waals surface area contributed by atoms with Gasteiger partial charge in [-0.05, 0) is 24.2 Å². The van der Waals surface area contributed by atoms with E-state index in [2.05, 4.69) is 36.2 Å². The van der Waals surface area contributed by atoms with Crippen molar-refractivity contribution in [3.63, 3.8) is 0 Å². The summed E-state index contributed by atoms with van der Waals surface area (Å²) >= 11 is 0. The molecule has 6 nitrogen and oxygen atoms in total. The van der Waals surface area contributed by atoms with Gasteiger partial charge in [0.2, 0.25) is 5.89 Å². The smallest absolute Gasteiger partial charge is 0.240 e. The highest BCUT2D eigenvalue weighted by Crippen LogP contribution is 2.38. The highest BCUT2D eigenvalue weighted by atomic mass is 32.2. The van der Waals surface area contributed by atoms with Crippen molar-refractivity contribution in [3.8, 4) is 0 Å². The van der Waals surface area contributed by atoms with E-state index in [1.54, 1.807) is 0 Å². The maximum atomic E-state index is 11.2. The summed E-state index contributed by atoms with van der Waals surface area (Å²) in [4.78, 5) is 4.15. The minimum absolute atomic E-state index is 0.176. The first-order chi connectivity index (χ1) is 10.1. The molecule has 0 radical (unpaired) electrons. The molecule has 0 amide bonds. The number of aromatic nitrogens is 2. The minimum atomic E-state index is -3.13. The molecule has 1 saturated carbocycles. The topological polar surface area (TPSA) is 85.1 Å². The first kappa shape index (κ1) is 17.4. The molecule has 1 aliphatic carbocycles. The summed E-state index contributed by atoms with van der Waals surface area (Å²) in [6.45, 7) is 7.35. The molecule has 22 heavy (non-hydrogen) atoms. The van der Waals surface area contributed by atoms with Crippen LogP contribution < -0.4 is 5.32 Å². The molecule has 2 atom stereocenters. The van der Waals surface area contributed by atoms with E-state index in [1.807, 2.05) is 0 Å². The zero-order valence-corrected chi connectivity index (χ0v) is 14.7. The average molecular weight is 329 g/mol. The van der Waals surface area contributed by atoms with Crippen LogP contribution in [0.3, 0.4) is 0 Å². The predicted molar refractivity (Wildman–Crippen MR) is 84.9 cm³/mol. The second kappa shape index (κ2) is 6.66. The van der Waals surface area contributed by atoms with E-state index in [-0.39, 0.29) is 17.0 Å². The molecule has 0 aromatic carbocycles. The van der Waals surface area contributed by atoms with Gasteiger partial charge in [0, 0.05) is 12.3 Å². The summed E-state index contributed by atoms with van der Waals surface area (Å²) in [6, 6.07) is 0.444. The molecular formula is C15H27N3O3S. The van der Waals surface area contributed by atoms with E-state index in [9.17, 15) is 8.42 Å². The predicted octanol–water partition coefficient (Wildman–Crippen LogP) is 2.31. The van der Waals surface area contributed by atoms with E-state index >= 15 is 0 Å². The van der Waals surface area contributed by atoms with Crippen molar-refractivity contribution >= 4 is 9.84 Å². The van der Waals surface area contributed by atoms with Crippen molar-refractivity contribution in [2.24, 2.45) is 11.3 Å². The third-order valence-corrected chi connectivity index (χ3v) is 5.08. The second-order valence-corrected chi connectivity index (χ2v) is 9.56. The molecule has 1 heterocycles. The maximum Gasteiger partial charge on any atom is 0.240 e. The van der Waals surface area contributed by atoms with Gasteiger partial charge in [-0.3, -0.25) is 0 Å². The highest BCUT2D eigenvalue weighted by molar-refractivity contribution is 7.89. The van der Waals surface area contributed by atoms with Crippen LogP contribution in [-0.2, 0) is 22.1 Å². The Balaban J connectivity index is 1.94. The quantitative estimate of drug-likeness (QED) is 0.892. The van der Waals surface area contributed by atoms with Crippen LogP contribution in [0.15, 0.2) is 4.52 Å². The van der Waals surface area contributed by atoms with Gasteiger partial charge in [-0.1, -0.05) is 38.8 Å². The van der Waals surface area contributed by atoms with E-state index in [0.717, 1.165) is 12.7 Å². The summed E-state index contributed by atoms with van der Waals surface area (Å²) in [5, 5.41) is 7.25. The number of hydrogen-bond donors (Lipinski definition) is 1. The van der Waals surface area contributed by atoms with Crippen molar-refractivity contribution < 1.29 is 12.9 Å². The number of nitrogens with one attached hydrogen (secondary N) is 1. The molecule has 1 aromatic rings. The lowest BCUT2D eigenvalue weighted by atomic mass is 9.69. The summed E-state index contributed by atoms with van der Waals surface area (Å²) in [7, 11) is -3.13. The van der Waals surface area contributed by atoms with Gasteiger partial charge in [0.25, 0.3) is 0 Å². The Morgan fingerprint density at radius 3 is 2.59 bits per heavy atom. The first-order valence-electron chi connectivity index (χ1n) is 7.88. The molecule has 1 aliphatic rings. The fourth-order valence-electron chi connectivity index (χ4n) is 3.29. The molecule has 1 fully saturated rings. The van der Waals surface area contributed by atoms with Gasteiger partial charge < -0.3 is 9.84 Å². The Morgan fingerprint density at radius 2 is 1.95 bits per heavy atom.